The van der Waals surface area contributed by atoms with Gasteiger partial charge in [0.1, 0.15) is 15.5 Å². The van der Waals surface area contributed by atoms with Crippen LogP contribution in [0.5, 0.6) is 0 Å². The van der Waals surface area contributed by atoms with E-state index in [1.165, 1.54) is 4.68 Å². The van der Waals surface area contributed by atoms with Crippen molar-refractivity contribution in [2.75, 3.05) is 16.8 Å². The Balaban J connectivity index is 2.18. The Morgan fingerprint density at radius 1 is 1.42 bits per heavy atom. The molecule has 0 spiro atoms. The van der Waals surface area contributed by atoms with E-state index in [2.05, 4.69) is 10.4 Å². The Bertz CT molecular complexity index is 593. The summed E-state index contributed by atoms with van der Waals surface area (Å²) >= 11 is 0. The summed E-state index contributed by atoms with van der Waals surface area (Å²) in [7, 11) is -1.31. The van der Waals surface area contributed by atoms with Gasteiger partial charge in [-0.25, -0.2) is 13.1 Å². The number of nitrogens with zero attached hydrogens (tertiary/aromatic N) is 3. The van der Waals surface area contributed by atoms with Gasteiger partial charge in [0.25, 0.3) is 0 Å². The van der Waals surface area contributed by atoms with E-state index in [9.17, 15) is 18.5 Å². The maximum absolute atomic E-state index is 11.3. The highest BCUT2D eigenvalue weighted by Gasteiger charge is 2.29. The van der Waals surface area contributed by atoms with Crippen molar-refractivity contribution in [2.24, 2.45) is 7.05 Å². The lowest BCUT2D eigenvalue weighted by Gasteiger charge is -2.23. The van der Waals surface area contributed by atoms with Gasteiger partial charge >= 0.3 is 5.69 Å². The molecule has 0 saturated carbocycles. The van der Waals surface area contributed by atoms with Gasteiger partial charge in [0.15, 0.2) is 0 Å². The van der Waals surface area contributed by atoms with E-state index in [0.29, 0.717) is 24.4 Å². The number of hydrogen-bond donors (Lipinski definition) is 1. The molecule has 1 fully saturated rings. The monoisotopic (exact) mass is 288 g/mol. The molecule has 0 amide bonds. The van der Waals surface area contributed by atoms with Crippen LogP contribution in [0.2, 0.25) is 0 Å². The van der Waals surface area contributed by atoms with Crippen molar-refractivity contribution in [2.45, 2.75) is 25.8 Å². The average Bonchev–Trinajstić information content (AvgIpc) is 2.56. The minimum atomic E-state index is -2.94. The van der Waals surface area contributed by atoms with E-state index in [-0.39, 0.29) is 23.2 Å². The molecular formula is C10H16N4O4S. The topological polar surface area (TPSA) is 107 Å². The summed E-state index contributed by atoms with van der Waals surface area (Å²) in [5, 5.41) is 18.1. The summed E-state index contributed by atoms with van der Waals surface area (Å²) < 4.78 is 24.1. The molecule has 0 radical (unpaired) electrons. The molecule has 19 heavy (non-hydrogen) atoms. The zero-order valence-electron chi connectivity index (χ0n) is 10.8. The number of rotatable bonds is 3. The van der Waals surface area contributed by atoms with Crippen LogP contribution in [0.25, 0.3) is 0 Å². The van der Waals surface area contributed by atoms with Gasteiger partial charge in [-0.05, 0) is 19.8 Å². The molecular weight excluding hydrogens is 272 g/mol. The largest absolute Gasteiger partial charge is 0.362 e. The fourth-order valence-corrected chi connectivity index (χ4v) is 3.75. The van der Waals surface area contributed by atoms with Gasteiger partial charge < -0.3 is 5.32 Å². The van der Waals surface area contributed by atoms with Gasteiger partial charge in [-0.1, -0.05) is 0 Å². The maximum Gasteiger partial charge on any atom is 0.333 e. The van der Waals surface area contributed by atoms with Crippen molar-refractivity contribution in [3.8, 4) is 0 Å². The fraction of sp³-hybridized carbons (Fsp3) is 0.700. The fourth-order valence-electron chi connectivity index (χ4n) is 2.26. The van der Waals surface area contributed by atoms with Crippen molar-refractivity contribution in [1.82, 2.24) is 9.78 Å². The van der Waals surface area contributed by atoms with Crippen molar-refractivity contribution in [3.63, 3.8) is 0 Å². The lowest BCUT2D eigenvalue weighted by molar-refractivity contribution is -0.384. The molecule has 8 nitrogen and oxygen atoms in total. The van der Waals surface area contributed by atoms with Crippen LogP contribution in [0.3, 0.4) is 0 Å². The van der Waals surface area contributed by atoms with Gasteiger partial charge in [0, 0.05) is 13.1 Å². The van der Waals surface area contributed by atoms with E-state index in [1.54, 1.807) is 14.0 Å². The highest BCUT2D eigenvalue weighted by molar-refractivity contribution is 7.91. The molecule has 0 bridgehead atoms. The molecule has 0 atom stereocenters. The van der Waals surface area contributed by atoms with Crippen LogP contribution in [0.4, 0.5) is 11.5 Å². The molecule has 0 unspecified atom stereocenters. The predicted octanol–water partition coefficient (Wildman–Crippen LogP) is 0.626. The Hall–Kier alpha value is -1.64. The minimum absolute atomic E-state index is 0.0454. The van der Waals surface area contributed by atoms with E-state index in [4.69, 9.17) is 0 Å². The first kappa shape index (κ1) is 13.8. The molecule has 1 aliphatic rings. The van der Waals surface area contributed by atoms with Crippen LogP contribution in [-0.2, 0) is 16.9 Å². The third-order valence-corrected chi connectivity index (χ3v) is 4.98. The Morgan fingerprint density at radius 3 is 2.53 bits per heavy atom. The van der Waals surface area contributed by atoms with Crippen LogP contribution < -0.4 is 5.32 Å². The molecule has 1 aliphatic heterocycles. The van der Waals surface area contributed by atoms with Gasteiger partial charge in [-0.3, -0.25) is 10.1 Å². The second-order valence-corrected chi connectivity index (χ2v) is 7.04. The maximum atomic E-state index is 11.3. The smallest absolute Gasteiger partial charge is 0.333 e. The first-order chi connectivity index (χ1) is 8.80. The normalized spacial score (nSPS) is 19.3. The third kappa shape index (κ3) is 2.86. The SMILES string of the molecule is Cc1nn(C)c(NC2CCS(=O)(=O)CC2)c1[N+](=O)[O-]. The summed E-state index contributed by atoms with van der Waals surface area (Å²) in [6.45, 7) is 1.58. The molecule has 106 valence electrons. The third-order valence-electron chi connectivity index (χ3n) is 3.27. The standard InChI is InChI=1S/C10H16N4O4S/c1-7-9(14(15)16)10(13(2)12-7)11-8-3-5-19(17,18)6-4-8/h8,11H,3-6H2,1-2H3. The number of anilines is 1. The van der Waals surface area contributed by atoms with E-state index in [0.717, 1.165) is 0 Å². The van der Waals surface area contributed by atoms with Crippen LogP contribution in [0.15, 0.2) is 0 Å². The van der Waals surface area contributed by atoms with Crippen LogP contribution in [0.1, 0.15) is 18.5 Å². The predicted molar refractivity (Wildman–Crippen MR) is 69.9 cm³/mol. The second-order valence-electron chi connectivity index (χ2n) is 4.73. The lowest BCUT2D eigenvalue weighted by atomic mass is 10.1. The van der Waals surface area contributed by atoms with E-state index < -0.39 is 14.8 Å². The summed E-state index contributed by atoms with van der Waals surface area (Å²) in [4.78, 5) is 10.5. The molecule has 9 heteroatoms. The van der Waals surface area contributed by atoms with E-state index >= 15 is 0 Å². The Kier molecular flexibility index (Phi) is 3.48. The van der Waals surface area contributed by atoms with Crippen molar-refractivity contribution in [1.29, 1.82) is 0 Å². The van der Waals surface area contributed by atoms with Gasteiger partial charge in [-0.2, -0.15) is 5.10 Å². The molecule has 0 aromatic carbocycles. The zero-order valence-corrected chi connectivity index (χ0v) is 11.6. The zero-order chi connectivity index (χ0) is 14.2. The first-order valence-corrected chi connectivity index (χ1v) is 7.77. The van der Waals surface area contributed by atoms with Crippen molar-refractivity contribution < 1.29 is 13.3 Å². The molecule has 0 aliphatic carbocycles. The number of hydrogen-bond acceptors (Lipinski definition) is 6. The molecule has 1 saturated heterocycles. The van der Waals surface area contributed by atoms with Crippen molar-refractivity contribution in [3.05, 3.63) is 15.8 Å². The minimum Gasteiger partial charge on any atom is -0.362 e. The van der Waals surface area contributed by atoms with Crippen LogP contribution >= 0.6 is 0 Å². The van der Waals surface area contributed by atoms with Gasteiger partial charge in [0.05, 0.1) is 16.4 Å². The van der Waals surface area contributed by atoms with Gasteiger partial charge in [-0.15, -0.1) is 0 Å². The first-order valence-electron chi connectivity index (χ1n) is 5.95. The van der Waals surface area contributed by atoms with Crippen molar-refractivity contribution >= 4 is 21.3 Å². The molecule has 2 rings (SSSR count). The molecule has 2 heterocycles. The average molecular weight is 288 g/mol. The number of nitrogens with one attached hydrogen (secondary N) is 1. The summed E-state index contributed by atoms with van der Waals surface area (Å²) in [6, 6.07) is -0.0722. The number of nitro groups is 1. The van der Waals surface area contributed by atoms with Crippen LogP contribution in [-0.4, -0.2) is 40.7 Å². The van der Waals surface area contributed by atoms with Crippen LogP contribution in [0, 0.1) is 17.0 Å². The second kappa shape index (κ2) is 4.80. The molecule has 1 aromatic heterocycles. The summed E-state index contributed by atoms with van der Waals surface area (Å²) in [5.74, 6) is 0.580. The number of sulfone groups is 1. The Morgan fingerprint density at radius 2 is 2.00 bits per heavy atom. The molecule has 1 aromatic rings. The van der Waals surface area contributed by atoms with Gasteiger partial charge in [0.2, 0.25) is 5.82 Å². The summed E-state index contributed by atoms with van der Waals surface area (Å²) in [5.41, 5.74) is 0.300. The Labute approximate surface area is 110 Å². The quantitative estimate of drug-likeness (QED) is 0.645. The summed E-state index contributed by atoms with van der Waals surface area (Å²) in [6.07, 6.45) is 0.924. The lowest BCUT2D eigenvalue weighted by Crippen LogP contribution is -2.32. The van der Waals surface area contributed by atoms with E-state index in [1.807, 2.05) is 0 Å². The number of aryl methyl sites for hydroxylation is 2. The molecule has 1 N–H and O–H groups in total. The highest BCUT2D eigenvalue weighted by atomic mass is 32.2. The highest BCUT2D eigenvalue weighted by Crippen LogP contribution is 2.29. The number of aromatic nitrogens is 2.